The highest BCUT2D eigenvalue weighted by Crippen LogP contribution is 2.31. The van der Waals surface area contributed by atoms with E-state index in [2.05, 4.69) is 21.9 Å². The van der Waals surface area contributed by atoms with Crippen LogP contribution in [-0.4, -0.2) is 57.9 Å². The van der Waals surface area contributed by atoms with E-state index < -0.39 is 5.82 Å². The van der Waals surface area contributed by atoms with E-state index in [0.717, 1.165) is 32.4 Å². The first-order valence-electron chi connectivity index (χ1n) is 8.29. The molecule has 0 unspecified atom stereocenters. The van der Waals surface area contributed by atoms with E-state index in [-0.39, 0.29) is 11.9 Å². The molecule has 1 amide bonds. The predicted octanol–water partition coefficient (Wildman–Crippen LogP) is 2.40. The SMILES string of the molecule is CN1CCC[C@@H]1[C@H]1CCCN1C(=O)c1cc(F)cc2[nH]cnc12. The minimum atomic E-state index is -0.404. The lowest BCUT2D eigenvalue weighted by Gasteiger charge is -2.33. The third kappa shape index (κ3) is 2.41. The Balaban J connectivity index is 1.68. The second-order valence-corrected chi connectivity index (χ2v) is 6.65. The largest absolute Gasteiger partial charge is 0.344 e. The molecule has 0 aliphatic carbocycles. The first-order valence-corrected chi connectivity index (χ1v) is 8.29. The van der Waals surface area contributed by atoms with Crippen LogP contribution in [0.2, 0.25) is 0 Å². The van der Waals surface area contributed by atoms with Crippen molar-refractivity contribution in [2.75, 3.05) is 20.1 Å². The van der Waals surface area contributed by atoms with Crippen molar-refractivity contribution in [3.05, 3.63) is 29.8 Å². The third-order valence-electron chi connectivity index (χ3n) is 5.30. The second kappa shape index (κ2) is 5.60. The van der Waals surface area contributed by atoms with Gasteiger partial charge in [-0.05, 0) is 51.4 Å². The van der Waals surface area contributed by atoms with Crippen LogP contribution in [0.5, 0.6) is 0 Å². The maximum atomic E-state index is 13.9. The van der Waals surface area contributed by atoms with Crippen molar-refractivity contribution in [1.82, 2.24) is 19.8 Å². The van der Waals surface area contributed by atoms with Crippen LogP contribution in [-0.2, 0) is 0 Å². The molecule has 2 aromatic rings. The van der Waals surface area contributed by atoms with Crippen LogP contribution in [0.15, 0.2) is 18.5 Å². The molecule has 23 heavy (non-hydrogen) atoms. The first-order chi connectivity index (χ1) is 11.1. The number of amides is 1. The zero-order valence-corrected chi connectivity index (χ0v) is 13.3. The summed E-state index contributed by atoms with van der Waals surface area (Å²) in [6, 6.07) is 3.35. The highest BCUT2D eigenvalue weighted by atomic mass is 19.1. The summed E-state index contributed by atoms with van der Waals surface area (Å²) in [5.74, 6) is -0.497. The Kier molecular flexibility index (Phi) is 3.56. The van der Waals surface area contributed by atoms with Crippen molar-refractivity contribution >= 4 is 16.9 Å². The maximum absolute atomic E-state index is 13.9. The van der Waals surface area contributed by atoms with E-state index in [0.29, 0.717) is 22.6 Å². The molecule has 2 saturated heterocycles. The molecule has 0 saturated carbocycles. The topological polar surface area (TPSA) is 52.2 Å². The molecule has 1 aromatic heterocycles. The Bertz CT molecular complexity index is 743. The van der Waals surface area contributed by atoms with Gasteiger partial charge < -0.3 is 14.8 Å². The number of halogens is 1. The van der Waals surface area contributed by atoms with E-state index >= 15 is 0 Å². The number of carbonyl (C=O) groups is 1. The molecule has 0 spiro atoms. The van der Waals surface area contributed by atoms with Gasteiger partial charge in [-0.15, -0.1) is 0 Å². The molecule has 0 radical (unpaired) electrons. The van der Waals surface area contributed by atoms with E-state index in [1.807, 2.05) is 4.90 Å². The molecule has 2 aliphatic heterocycles. The van der Waals surface area contributed by atoms with Gasteiger partial charge in [-0.2, -0.15) is 0 Å². The van der Waals surface area contributed by atoms with Crippen molar-refractivity contribution in [2.45, 2.75) is 37.8 Å². The van der Waals surface area contributed by atoms with Crippen LogP contribution < -0.4 is 0 Å². The van der Waals surface area contributed by atoms with Gasteiger partial charge in [-0.25, -0.2) is 9.37 Å². The zero-order valence-electron chi connectivity index (χ0n) is 13.3. The quantitative estimate of drug-likeness (QED) is 0.925. The van der Waals surface area contributed by atoms with Gasteiger partial charge in [0.1, 0.15) is 11.3 Å². The average Bonchev–Trinajstić information content (AvgIpc) is 3.24. The molecule has 2 aliphatic rings. The van der Waals surface area contributed by atoms with E-state index in [1.165, 1.54) is 24.9 Å². The molecule has 4 rings (SSSR count). The average molecular weight is 316 g/mol. The number of rotatable bonds is 2. The minimum absolute atomic E-state index is 0.0931. The third-order valence-corrected chi connectivity index (χ3v) is 5.30. The molecule has 6 heteroatoms. The normalized spacial score (nSPS) is 25.6. The number of nitrogens with zero attached hydrogens (tertiary/aromatic N) is 3. The Morgan fingerprint density at radius 3 is 2.83 bits per heavy atom. The lowest BCUT2D eigenvalue weighted by molar-refractivity contribution is 0.0666. The molecular weight excluding hydrogens is 295 g/mol. The summed E-state index contributed by atoms with van der Waals surface area (Å²) in [5, 5.41) is 0. The van der Waals surface area contributed by atoms with Crippen LogP contribution >= 0.6 is 0 Å². The molecule has 1 N–H and O–H groups in total. The number of carbonyl (C=O) groups excluding carboxylic acids is 1. The predicted molar refractivity (Wildman–Crippen MR) is 85.8 cm³/mol. The number of benzene rings is 1. The number of hydrogen-bond donors (Lipinski definition) is 1. The molecule has 3 heterocycles. The van der Waals surface area contributed by atoms with Gasteiger partial charge in [0.25, 0.3) is 5.91 Å². The summed E-state index contributed by atoms with van der Waals surface area (Å²) < 4.78 is 13.9. The second-order valence-electron chi connectivity index (χ2n) is 6.65. The summed E-state index contributed by atoms with van der Waals surface area (Å²) >= 11 is 0. The molecule has 0 bridgehead atoms. The molecule has 2 atom stereocenters. The summed E-state index contributed by atoms with van der Waals surface area (Å²) in [4.78, 5) is 24.5. The standard InChI is InChI=1S/C17H21FN4O/c1-21-6-2-4-14(21)15-5-3-7-22(15)17(23)12-8-11(18)9-13-16(12)20-10-19-13/h8-10,14-15H,2-7H2,1H3,(H,19,20)/t14-,15-/m1/s1. The first kappa shape index (κ1) is 14.6. The highest BCUT2D eigenvalue weighted by molar-refractivity contribution is 6.05. The number of likely N-dealkylation sites (tertiary alicyclic amines) is 2. The maximum Gasteiger partial charge on any atom is 0.256 e. The Morgan fingerprint density at radius 2 is 2.04 bits per heavy atom. The van der Waals surface area contributed by atoms with Gasteiger partial charge >= 0.3 is 0 Å². The highest BCUT2D eigenvalue weighted by Gasteiger charge is 2.39. The van der Waals surface area contributed by atoms with Crippen molar-refractivity contribution in [2.24, 2.45) is 0 Å². The van der Waals surface area contributed by atoms with Gasteiger partial charge in [0.2, 0.25) is 0 Å². The van der Waals surface area contributed by atoms with Crippen LogP contribution in [0.3, 0.4) is 0 Å². The van der Waals surface area contributed by atoms with E-state index in [9.17, 15) is 9.18 Å². The molecule has 1 aromatic carbocycles. The molecule has 122 valence electrons. The minimum Gasteiger partial charge on any atom is -0.344 e. The molecule has 2 fully saturated rings. The van der Waals surface area contributed by atoms with E-state index in [1.54, 1.807) is 0 Å². The van der Waals surface area contributed by atoms with Crippen LogP contribution in [0.4, 0.5) is 4.39 Å². The monoisotopic (exact) mass is 316 g/mol. The number of likely N-dealkylation sites (N-methyl/N-ethyl adjacent to an activating group) is 1. The van der Waals surface area contributed by atoms with Crippen LogP contribution in [0, 0.1) is 5.82 Å². The van der Waals surface area contributed by atoms with Gasteiger partial charge in [0, 0.05) is 18.6 Å². The van der Waals surface area contributed by atoms with Gasteiger partial charge in [-0.1, -0.05) is 0 Å². The summed E-state index contributed by atoms with van der Waals surface area (Å²) in [5.41, 5.74) is 1.50. The number of imidazole rings is 1. The van der Waals surface area contributed by atoms with Crippen molar-refractivity contribution in [3.63, 3.8) is 0 Å². The van der Waals surface area contributed by atoms with Gasteiger partial charge in [0.05, 0.1) is 17.4 Å². The summed E-state index contributed by atoms with van der Waals surface area (Å²) in [7, 11) is 2.13. The van der Waals surface area contributed by atoms with Crippen molar-refractivity contribution in [3.8, 4) is 0 Å². The number of hydrogen-bond acceptors (Lipinski definition) is 3. The lowest BCUT2D eigenvalue weighted by Crippen LogP contribution is -2.47. The number of aromatic amines is 1. The Hall–Kier alpha value is -1.95. The fourth-order valence-corrected chi connectivity index (χ4v) is 4.20. The van der Waals surface area contributed by atoms with Crippen molar-refractivity contribution in [1.29, 1.82) is 0 Å². The summed E-state index contributed by atoms with van der Waals surface area (Å²) in [6.07, 6.45) is 5.86. The lowest BCUT2D eigenvalue weighted by atomic mass is 10.0. The van der Waals surface area contributed by atoms with E-state index in [4.69, 9.17) is 0 Å². The molecule has 5 nitrogen and oxygen atoms in total. The Morgan fingerprint density at radius 1 is 1.26 bits per heavy atom. The van der Waals surface area contributed by atoms with Gasteiger partial charge in [0.15, 0.2) is 0 Å². The smallest absolute Gasteiger partial charge is 0.256 e. The van der Waals surface area contributed by atoms with Crippen LogP contribution in [0.1, 0.15) is 36.0 Å². The fourth-order valence-electron chi connectivity index (χ4n) is 4.20. The zero-order chi connectivity index (χ0) is 16.0. The van der Waals surface area contributed by atoms with Gasteiger partial charge in [-0.3, -0.25) is 4.79 Å². The number of nitrogens with one attached hydrogen (secondary N) is 1. The molecular formula is C17H21FN4O. The van der Waals surface area contributed by atoms with Crippen molar-refractivity contribution < 1.29 is 9.18 Å². The number of H-pyrrole nitrogens is 1. The fraction of sp³-hybridized carbons (Fsp3) is 0.529. The Labute approximate surface area is 134 Å². The number of aromatic nitrogens is 2. The number of fused-ring (bicyclic) bond motifs is 1. The van der Waals surface area contributed by atoms with Crippen LogP contribution in [0.25, 0.3) is 11.0 Å². The summed E-state index contributed by atoms with van der Waals surface area (Å²) in [6.45, 7) is 1.84.